The topological polar surface area (TPSA) is 3.24 Å². The quantitative estimate of drug-likeness (QED) is 0.720. The van der Waals surface area contributed by atoms with Crippen LogP contribution in [-0.4, -0.2) is 24.0 Å². The van der Waals surface area contributed by atoms with Gasteiger partial charge in [-0.25, -0.2) is 4.39 Å². The number of likely N-dealkylation sites (tertiary alicyclic amines) is 1. The van der Waals surface area contributed by atoms with Crippen LogP contribution in [0.4, 0.5) is 4.39 Å². The Labute approximate surface area is 90.9 Å². The smallest absolute Gasteiger partial charge is 0.126 e. The summed E-state index contributed by atoms with van der Waals surface area (Å²) in [6.07, 6.45) is 0. The number of halogens is 1. The molecule has 0 amide bonds. The summed E-state index contributed by atoms with van der Waals surface area (Å²) in [6, 6.07) is 6.12. The molecule has 1 aromatic carbocycles. The number of hydrogen-bond acceptors (Lipinski definition) is 1. The molecule has 0 spiro atoms. The second-order valence-corrected chi connectivity index (χ2v) is 4.75. The van der Waals surface area contributed by atoms with Crippen molar-refractivity contribution >= 4 is 0 Å². The average molecular weight is 207 g/mol. The van der Waals surface area contributed by atoms with Gasteiger partial charge in [0.15, 0.2) is 0 Å². The van der Waals surface area contributed by atoms with Crippen molar-refractivity contribution in [1.29, 1.82) is 0 Å². The second-order valence-electron chi connectivity index (χ2n) is 4.75. The Kier molecular flexibility index (Phi) is 2.79. The Morgan fingerprint density at radius 1 is 1.33 bits per heavy atom. The number of aryl methyl sites for hydroxylation is 1. The van der Waals surface area contributed by atoms with Crippen molar-refractivity contribution < 1.29 is 4.39 Å². The predicted octanol–water partition coefficient (Wildman–Crippen LogP) is 2.94. The van der Waals surface area contributed by atoms with Crippen LogP contribution in [0, 0.1) is 12.7 Å². The zero-order valence-electron chi connectivity index (χ0n) is 9.63. The largest absolute Gasteiger partial charge is 0.300 e. The van der Waals surface area contributed by atoms with Crippen LogP contribution in [0.2, 0.25) is 0 Å². The summed E-state index contributed by atoms with van der Waals surface area (Å²) in [5, 5.41) is 0. The van der Waals surface area contributed by atoms with Crippen molar-refractivity contribution in [2.45, 2.75) is 32.7 Å². The van der Waals surface area contributed by atoms with Gasteiger partial charge in [-0.2, -0.15) is 0 Å². The summed E-state index contributed by atoms with van der Waals surface area (Å²) < 4.78 is 13.1. The number of benzene rings is 1. The van der Waals surface area contributed by atoms with Gasteiger partial charge in [0.25, 0.3) is 0 Å². The summed E-state index contributed by atoms with van der Waals surface area (Å²) in [5.74, 6) is 0.505. The molecule has 2 rings (SSSR count). The fourth-order valence-corrected chi connectivity index (χ4v) is 2.07. The van der Waals surface area contributed by atoms with Crippen LogP contribution in [0.3, 0.4) is 0 Å². The lowest BCUT2D eigenvalue weighted by molar-refractivity contribution is 0.110. The maximum Gasteiger partial charge on any atom is 0.126 e. The SMILES string of the molecule is Cc1cc(C2CN(C(C)C)C2)ccc1F. The zero-order chi connectivity index (χ0) is 11.0. The third kappa shape index (κ3) is 2.05. The summed E-state index contributed by atoms with van der Waals surface area (Å²) >= 11 is 0. The molecule has 1 aliphatic heterocycles. The molecule has 0 atom stereocenters. The molecule has 0 aromatic heterocycles. The Morgan fingerprint density at radius 2 is 2.00 bits per heavy atom. The van der Waals surface area contributed by atoms with Crippen LogP contribution in [0.5, 0.6) is 0 Å². The van der Waals surface area contributed by atoms with E-state index in [1.165, 1.54) is 5.56 Å². The van der Waals surface area contributed by atoms with Gasteiger partial charge in [0.05, 0.1) is 0 Å². The lowest BCUT2D eigenvalue weighted by atomic mass is 9.89. The molecule has 15 heavy (non-hydrogen) atoms. The van der Waals surface area contributed by atoms with Crippen molar-refractivity contribution in [1.82, 2.24) is 4.90 Å². The third-order valence-corrected chi connectivity index (χ3v) is 3.29. The summed E-state index contributed by atoms with van der Waals surface area (Å²) in [4.78, 5) is 2.43. The van der Waals surface area contributed by atoms with Crippen molar-refractivity contribution in [3.8, 4) is 0 Å². The van der Waals surface area contributed by atoms with Crippen LogP contribution in [0.15, 0.2) is 18.2 Å². The first-order valence-corrected chi connectivity index (χ1v) is 5.58. The van der Waals surface area contributed by atoms with E-state index in [1.807, 2.05) is 19.1 Å². The fourth-order valence-electron chi connectivity index (χ4n) is 2.07. The van der Waals surface area contributed by atoms with Crippen LogP contribution in [0.25, 0.3) is 0 Å². The Bertz CT molecular complexity index is 354. The van der Waals surface area contributed by atoms with Gasteiger partial charge in [0, 0.05) is 25.0 Å². The van der Waals surface area contributed by atoms with Crippen molar-refractivity contribution in [2.75, 3.05) is 13.1 Å². The Morgan fingerprint density at radius 3 is 2.53 bits per heavy atom. The molecule has 2 heteroatoms. The van der Waals surface area contributed by atoms with E-state index in [0.717, 1.165) is 18.7 Å². The minimum atomic E-state index is -0.0983. The van der Waals surface area contributed by atoms with E-state index in [9.17, 15) is 4.39 Å². The summed E-state index contributed by atoms with van der Waals surface area (Å²) in [7, 11) is 0. The molecule has 1 aromatic rings. The molecule has 1 heterocycles. The molecule has 1 aliphatic rings. The van der Waals surface area contributed by atoms with E-state index >= 15 is 0 Å². The lowest BCUT2D eigenvalue weighted by Crippen LogP contribution is -2.48. The van der Waals surface area contributed by atoms with E-state index in [2.05, 4.69) is 18.7 Å². The number of rotatable bonds is 2. The number of nitrogens with zero attached hydrogens (tertiary/aromatic N) is 1. The molecule has 0 radical (unpaired) electrons. The second kappa shape index (κ2) is 3.93. The van der Waals surface area contributed by atoms with Crippen LogP contribution >= 0.6 is 0 Å². The molecule has 82 valence electrons. The highest BCUT2D eigenvalue weighted by Gasteiger charge is 2.29. The van der Waals surface area contributed by atoms with Gasteiger partial charge in [-0.1, -0.05) is 12.1 Å². The van der Waals surface area contributed by atoms with Crippen molar-refractivity contribution in [2.24, 2.45) is 0 Å². The van der Waals surface area contributed by atoms with E-state index < -0.39 is 0 Å². The van der Waals surface area contributed by atoms with Gasteiger partial charge in [0.1, 0.15) is 5.82 Å². The third-order valence-electron chi connectivity index (χ3n) is 3.29. The molecule has 1 nitrogen and oxygen atoms in total. The molecule has 1 fully saturated rings. The van der Waals surface area contributed by atoms with Gasteiger partial charge >= 0.3 is 0 Å². The Hall–Kier alpha value is -0.890. The molecule has 0 aliphatic carbocycles. The van der Waals surface area contributed by atoms with Crippen LogP contribution < -0.4 is 0 Å². The lowest BCUT2D eigenvalue weighted by Gasteiger charge is -2.42. The highest BCUT2D eigenvalue weighted by molar-refractivity contribution is 5.29. The summed E-state index contributed by atoms with van der Waals surface area (Å²) in [6.45, 7) is 8.49. The maximum atomic E-state index is 13.1. The highest BCUT2D eigenvalue weighted by Crippen LogP contribution is 2.29. The van der Waals surface area contributed by atoms with Gasteiger partial charge in [-0.15, -0.1) is 0 Å². The van der Waals surface area contributed by atoms with Crippen molar-refractivity contribution in [3.63, 3.8) is 0 Å². The molecular weight excluding hydrogens is 189 g/mol. The molecule has 0 bridgehead atoms. The predicted molar refractivity (Wildman–Crippen MR) is 60.6 cm³/mol. The van der Waals surface area contributed by atoms with Crippen LogP contribution in [-0.2, 0) is 0 Å². The maximum absolute atomic E-state index is 13.1. The van der Waals surface area contributed by atoms with E-state index in [-0.39, 0.29) is 5.82 Å². The monoisotopic (exact) mass is 207 g/mol. The molecule has 0 saturated carbocycles. The van der Waals surface area contributed by atoms with Crippen molar-refractivity contribution in [3.05, 3.63) is 35.1 Å². The minimum absolute atomic E-state index is 0.0983. The van der Waals surface area contributed by atoms with E-state index in [4.69, 9.17) is 0 Å². The average Bonchev–Trinajstić information content (AvgIpc) is 2.08. The van der Waals surface area contributed by atoms with Gasteiger partial charge in [-0.3, -0.25) is 4.90 Å². The highest BCUT2D eigenvalue weighted by atomic mass is 19.1. The van der Waals surface area contributed by atoms with Gasteiger partial charge < -0.3 is 0 Å². The normalized spacial score (nSPS) is 18.2. The standard InChI is InChI=1S/C13H18FN/c1-9(2)15-7-12(8-15)11-4-5-13(14)10(3)6-11/h4-6,9,12H,7-8H2,1-3H3. The van der Waals surface area contributed by atoms with Gasteiger partial charge in [-0.05, 0) is 38.0 Å². The minimum Gasteiger partial charge on any atom is -0.300 e. The fraction of sp³-hybridized carbons (Fsp3) is 0.538. The molecule has 0 unspecified atom stereocenters. The first kappa shape index (κ1) is 10.6. The van der Waals surface area contributed by atoms with E-state index in [0.29, 0.717) is 12.0 Å². The first-order chi connectivity index (χ1) is 7.08. The van der Waals surface area contributed by atoms with Crippen LogP contribution in [0.1, 0.15) is 30.9 Å². The molecular formula is C13H18FN. The molecule has 0 N–H and O–H groups in total. The Balaban J connectivity index is 2.04. The first-order valence-electron chi connectivity index (χ1n) is 5.58. The molecule has 1 saturated heterocycles. The van der Waals surface area contributed by atoms with Gasteiger partial charge in [0.2, 0.25) is 0 Å². The van der Waals surface area contributed by atoms with E-state index in [1.54, 1.807) is 6.07 Å². The summed E-state index contributed by atoms with van der Waals surface area (Å²) in [5.41, 5.74) is 2.04. The zero-order valence-corrected chi connectivity index (χ0v) is 9.63. The number of hydrogen-bond donors (Lipinski definition) is 0.